The van der Waals surface area contributed by atoms with Crippen LogP contribution in [0.4, 0.5) is 0 Å². The van der Waals surface area contributed by atoms with Crippen LogP contribution in [-0.2, 0) is 6.42 Å². The molecule has 1 unspecified atom stereocenters. The molecule has 0 aliphatic rings. The normalized spacial score (nSPS) is 12.6. The van der Waals surface area contributed by atoms with E-state index in [1.807, 2.05) is 6.20 Å². The molecule has 1 N–H and O–H groups in total. The lowest BCUT2D eigenvalue weighted by Crippen LogP contribution is -2.28. The van der Waals surface area contributed by atoms with Crippen molar-refractivity contribution in [2.45, 2.75) is 52.0 Å². The number of hydrogen-bond acceptors (Lipinski definition) is 2. The smallest absolute Gasteiger partial charge is 0.0413 e. The summed E-state index contributed by atoms with van der Waals surface area (Å²) >= 11 is 3.41. The SMILES string of the molecule is CCCC(CCCc1ccc(Br)cn1)NCC. The fourth-order valence-electron chi connectivity index (χ4n) is 2.07. The quantitative estimate of drug-likeness (QED) is 0.786. The number of hydrogen-bond donors (Lipinski definition) is 1. The summed E-state index contributed by atoms with van der Waals surface area (Å²) in [5.74, 6) is 0. The van der Waals surface area contributed by atoms with Crippen LogP contribution in [0.1, 0.15) is 45.2 Å². The molecule has 0 bridgehead atoms. The van der Waals surface area contributed by atoms with Gasteiger partial charge < -0.3 is 5.32 Å². The van der Waals surface area contributed by atoms with E-state index < -0.39 is 0 Å². The van der Waals surface area contributed by atoms with E-state index in [1.54, 1.807) is 0 Å². The maximum Gasteiger partial charge on any atom is 0.0413 e. The summed E-state index contributed by atoms with van der Waals surface area (Å²) < 4.78 is 1.05. The molecular formula is C14H23BrN2. The van der Waals surface area contributed by atoms with Gasteiger partial charge in [0.2, 0.25) is 0 Å². The molecule has 0 radical (unpaired) electrons. The highest BCUT2D eigenvalue weighted by atomic mass is 79.9. The van der Waals surface area contributed by atoms with E-state index in [0.717, 1.165) is 17.4 Å². The minimum absolute atomic E-state index is 0.681. The van der Waals surface area contributed by atoms with Gasteiger partial charge in [0, 0.05) is 22.4 Å². The van der Waals surface area contributed by atoms with Crippen LogP contribution in [0, 0.1) is 0 Å². The molecule has 1 atom stereocenters. The molecule has 1 rings (SSSR count). The first-order chi connectivity index (χ1) is 8.26. The van der Waals surface area contributed by atoms with Gasteiger partial charge in [-0.1, -0.05) is 20.3 Å². The van der Waals surface area contributed by atoms with Gasteiger partial charge in [-0.3, -0.25) is 4.98 Å². The van der Waals surface area contributed by atoms with Crippen molar-refractivity contribution in [1.82, 2.24) is 10.3 Å². The largest absolute Gasteiger partial charge is 0.314 e. The Kier molecular flexibility index (Phi) is 7.45. The second-order valence-electron chi connectivity index (χ2n) is 4.40. The molecule has 0 amide bonds. The fourth-order valence-corrected chi connectivity index (χ4v) is 2.30. The molecular weight excluding hydrogens is 276 g/mol. The van der Waals surface area contributed by atoms with Gasteiger partial charge in [-0.2, -0.15) is 0 Å². The first kappa shape index (κ1) is 14.7. The summed E-state index contributed by atoms with van der Waals surface area (Å²) in [6, 6.07) is 4.85. The molecule has 0 aliphatic carbocycles. The number of aryl methyl sites for hydroxylation is 1. The minimum atomic E-state index is 0.681. The van der Waals surface area contributed by atoms with Crippen molar-refractivity contribution in [1.29, 1.82) is 0 Å². The first-order valence-electron chi connectivity index (χ1n) is 6.60. The Hall–Kier alpha value is -0.410. The molecule has 96 valence electrons. The molecule has 0 spiro atoms. The van der Waals surface area contributed by atoms with Gasteiger partial charge in [0.15, 0.2) is 0 Å². The second kappa shape index (κ2) is 8.65. The van der Waals surface area contributed by atoms with E-state index in [-0.39, 0.29) is 0 Å². The fraction of sp³-hybridized carbons (Fsp3) is 0.643. The summed E-state index contributed by atoms with van der Waals surface area (Å²) in [6.45, 7) is 5.50. The van der Waals surface area contributed by atoms with Crippen LogP contribution in [0.15, 0.2) is 22.8 Å². The average Bonchev–Trinajstić information content (AvgIpc) is 2.32. The van der Waals surface area contributed by atoms with Gasteiger partial charge in [0.1, 0.15) is 0 Å². The summed E-state index contributed by atoms with van der Waals surface area (Å²) in [7, 11) is 0. The van der Waals surface area contributed by atoms with Gasteiger partial charge in [0.25, 0.3) is 0 Å². The van der Waals surface area contributed by atoms with E-state index in [4.69, 9.17) is 0 Å². The number of halogens is 1. The van der Waals surface area contributed by atoms with E-state index in [2.05, 4.69) is 52.2 Å². The van der Waals surface area contributed by atoms with E-state index in [9.17, 15) is 0 Å². The minimum Gasteiger partial charge on any atom is -0.314 e. The monoisotopic (exact) mass is 298 g/mol. The highest BCUT2D eigenvalue weighted by molar-refractivity contribution is 9.10. The Morgan fingerprint density at radius 1 is 1.29 bits per heavy atom. The summed E-state index contributed by atoms with van der Waals surface area (Å²) in [5.41, 5.74) is 1.19. The molecule has 0 aliphatic heterocycles. The summed E-state index contributed by atoms with van der Waals surface area (Å²) in [4.78, 5) is 4.40. The lowest BCUT2D eigenvalue weighted by atomic mass is 10.0. The van der Waals surface area contributed by atoms with Crippen LogP contribution in [0.5, 0.6) is 0 Å². The molecule has 17 heavy (non-hydrogen) atoms. The molecule has 1 aromatic rings. The number of pyridine rings is 1. The van der Waals surface area contributed by atoms with E-state index in [0.29, 0.717) is 6.04 Å². The number of nitrogens with zero attached hydrogens (tertiary/aromatic N) is 1. The molecule has 0 fully saturated rings. The van der Waals surface area contributed by atoms with Crippen molar-refractivity contribution < 1.29 is 0 Å². The Balaban J connectivity index is 2.27. The van der Waals surface area contributed by atoms with Crippen molar-refractivity contribution in [3.63, 3.8) is 0 Å². The van der Waals surface area contributed by atoms with Crippen LogP contribution >= 0.6 is 15.9 Å². The Morgan fingerprint density at radius 2 is 2.12 bits per heavy atom. The van der Waals surface area contributed by atoms with Crippen molar-refractivity contribution >= 4 is 15.9 Å². The van der Waals surface area contributed by atoms with E-state index in [1.165, 1.54) is 31.4 Å². The summed E-state index contributed by atoms with van der Waals surface area (Å²) in [5, 5.41) is 3.55. The van der Waals surface area contributed by atoms with Gasteiger partial charge >= 0.3 is 0 Å². The molecule has 1 aromatic heterocycles. The Bertz CT molecular complexity index is 292. The maximum absolute atomic E-state index is 4.40. The second-order valence-corrected chi connectivity index (χ2v) is 5.32. The van der Waals surface area contributed by atoms with Crippen LogP contribution in [-0.4, -0.2) is 17.6 Å². The first-order valence-corrected chi connectivity index (χ1v) is 7.39. The van der Waals surface area contributed by atoms with Gasteiger partial charge in [-0.05, 0) is 60.3 Å². The molecule has 1 heterocycles. The molecule has 0 aromatic carbocycles. The molecule has 2 nitrogen and oxygen atoms in total. The molecule has 0 saturated carbocycles. The Labute approximate surface area is 113 Å². The average molecular weight is 299 g/mol. The lowest BCUT2D eigenvalue weighted by Gasteiger charge is -2.16. The van der Waals surface area contributed by atoms with Crippen LogP contribution < -0.4 is 5.32 Å². The van der Waals surface area contributed by atoms with Crippen LogP contribution in [0.3, 0.4) is 0 Å². The predicted octanol–water partition coefficient (Wildman–Crippen LogP) is 3.95. The number of rotatable bonds is 8. The highest BCUT2D eigenvalue weighted by Gasteiger charge is 2.05. The topological polar surface area (TPSA) is 24.9 Å². The third-order valence-corrected chi connectivity index (χ3v) is 3.37. The Morgan fingerprint density at radius 3 is 2.71 bits per heavy atom. The molecule has 0 saturated heterocycles. The van der Waals surface area contributed by atoms with Crippen molar-refractivity contribution in [3.05, 3.63) is 28.5 Å². The van der Waals surface area contributed by atoms with Gasteiger partial charge in [-0.15, -0.1) is 0 Å². The van der Waals surface area contributed by atoms with Crippen molar-refractivity contribution in [2.75, 3.05) is 6.54 Å². The number of nitrogens with one attached hydrogen (secondary N) is 1. The summed E-state index contributed by atoms with van der Waals surface area (Å²) in [6.07, 6.45) is 7.96. The third kappa shape index (κ3) is 6.18. The number of aromatic nitrogens is 1. The zero-order chi connectivity index (χ0) is 12.5. The van der Waals surface area contributed by atoms with Crippen LogP contribution in [0.2, 0.25) is 0 Å². The maximum atomic E-state index is 4.40. The van der Waals surface area contributed by atoms with E-state index >= 15 is 0 Å². The zero-order valence-corrected chi connectivity index (χ0v) is 12.5. The van der Waals surface area contributed by atoms with Gasteiger partial charge in [-0.25, -0.2) is 0 Å². The standard InChI is InChI=1S/C14H23BrN2/c1-3-6-13(16-4-2)7-5-8-14-10-9-12(15)11-17-14/h9-11,13,16H,3-8H2,1-2H3. The van der Waals surface area contributed by atoms with Crippen molar-refractivity contribution in [3.8, 4) is 0 Å². The van der Waals surface area contributed by atoms with Gasteiger partial charge in [0.05, 0.1) is 0 Å². The predicted molar refractivity (Wildman–Crippen MR) is 77.2 cm³/mol. The zero-order valence-electron chi connectivity index (χ0n) is 10.9. The highest BCUT2D eigenvalue weighted by Crippen LogP contribution is 2.11. The third-order valence-electron chi connectivity index (χ3n) is 2.90. The lowest BCUT2D eigenvalue weighted by molar-refractivity contribution is 0.447. The molecule has 3 heteroatoms. The van der Waals surface area contributed by atoms with Crippen molar-refractivity contribution in [2.24, 2.45) is 0 Å². The van der Waals surface area contributed by atoms with Crippen LogP contribution in [0.25, 0.3) is 0 Å².